The van der Waals surface area contributed by atoms with Crippen LogP contribution in [0.3, 0.4) is 0 Å². The van der Waals surface area contributed by atoms with E-state index in [9.17, 15) is 13.2 Å². The van der Waals surface area contributed by atoms with E-state index in [-0.39, 0.29) is 17.3 Å². The summed E-state index contributed by atoms with van der Waals surface area (Å²) >= 11 is 0. The van der Waals surface area contributed by atoms with Crippen molar-refractivity contribution in [3.8, 4) is 11.5 Å². The molecule has 0 bridgehead atoms. The molecule has 2 aromatic carbocycles. The molecular formula is C23H20N4O5S. The maximum Gasteiger partial charge on any atom is 0.267 e. The number of fused-ring (bicyclic) bond motifs is 2. The molecule has 0 unspecified atom stereocenters. The zero-order chi connectivity index (χ0) is 22.8. The van der Waals surface area contributed by atoms with E-state index in [2.05, 4.69) is 20.0 Å². The first-order chi connectivity index (χ1) is 16.0. The molecule has 4 aromatic rings. The first-order valence-electron chi connectivity index (χ1n) is 10.2. The van der Waals surface area contributed by atoms with Crippen LogP contribution in [0.5, 0.6) is 11.5 Å². The fourth-order valence-corrected chi connectivity index (χ4v) is 4.53. The number of hydrogen-bond acceptors (Lipinski definition) is 6. The lowest BCUT2D eigenvalue weighted by atomic mass is 10.2. The average Bonchev–Trinajstić information content (AvgIpc) is 3.27. The number of amides is 1. The van der Waals surface area contributed by atoms with Gasteiger partial charge in [0.05, 0.1) is 10.6 Å². The van der Waals surface area contributed by atoms with Crippen molar-refractivity contribution >= 4 is 32.5 Å². The van der Waals surface area contributed by atoms with Crippen LogP contribution in [0.2, 0.25) is 0 Å². The summed E-state index contributed by atoms with van der Waals surface area (Å²) in [4.78, 5) is 19.6. The van der Waals surface area contributed by atoms with Crippen molar-refractivity contribution in [2.75, 3.05) is 17.9 Å². The van der Waals surface area contributed by atoms with Crippen LogP contribution in [0.15, 0.2) is 71.9 Å². The van der Waals surface area contributed by atoms with Gasteiger partial charge in [0.15, 0.2) is 11.5 Å². The van der Waals surface area contributed by atoms with Crippen molar-refractivity contribution < 1.29 is 22.7 Å². The summed E-state index contributed by atoms with van der Waals surface area (Å²) in [5, 5.41) is 3.67. The molecule has 1 amide bonds. The highest BCUT2D eigenvalue weighted by Crippen LogP contribution is 2.33. The van der Waals surface area contributed by atoms with Crippen LogP contribution in [0.1, 0.15) is 16.1 Å². The van der Waals surface area contributed by atoms with Crippen LogP contribution >= 0.6 is 0 Å². The third-order valence-electron chi connectivity index (χ3n) is 5.15. The molecule has 2 aromatic heterocycles. The van der Waals surface area contributed by atoms with E-state index in [0.717, 1.165) is 16.5 Å². The predicted molar refractivity (Wildman–Crippen MR) is 122 cm³/mol. The number of carbonyl (C=O) groups is 1. The Morgan fingerprint density at radius 1 is 1.00 bits per heavy atom. The lowest BCUT2D eigenvalue weighted by Gasteiger charge is -2.19. The van der Waals surface area contributed by atoms with Gasteiger partial charge in [-0.15, -0.1) is 0 Å². The standard InChI is InChI=1S/C23H20N4O5S/c28-23(20-11-16-14-24-8-7-19(16)26-20)25-13-15-1-4-18(5-2-15)33(29,30)27-17-3-6-21-22(12-17)32-10-9-31-21/h1-8,11-12,14,26-27H,9-10,13H2,(H,25,28). The summed E-state index contributed by atoms with van der Waals surface area (Å²) in [6.07, 6.45) is 3.33. The number of sulfonamides is 1. The molecule has 33 heavy (non-hydrogen) atoms. The van der Waals surface area contributed by atoms with Gasteiger partial charge in [-0.05, 0) is 42.0 Å². The van der Waals surface area contributed by atoms with E-state index >= 15 is 0 Å². The van der Waals surface area contributed by atoms with Crippen LogP contribution in [-0.4, -0.2) is 37.5 Å². The molecule has 0 spiro atoms. The van der Waals surface area contributed by atoms with E-state index in [0.29, 0.717) is 36.1 Å². The molecule has 0 saturated carbocycles. The zero-order valence-corrected chi connectivity index (χ0v) is 18.2. The molecule has 0 radical (unpaired) electrons. The zero-order valence-electron chi connectivity index (χ0n) is 17.4. The molecule has 10 heteroatoms. The SMILES string of the molecule is O=C(NCc1ccc(S(=O)(=O)Nc2ccc3c(c2)OCCO3)cc1)c1cc2cnccc2[nH]1. The van der Waals surface area contributed by atoms with Gasteiger partial charge >= 0.3 is 0 Å². The van der Waals surface area contributed by atoms with Gasteiger partial charge in [0, 0.05) is 35.9 Å². The number of ether oxygens (including phenoxy) is 2. The fraction of sp³-hybridized carbons (Fsp3) is 0.130. The number of nitrogens with zero attached hydrogens (tertiary/aromatic N) is 1. The molecule has 0 fully saturated rings. The van der Waals surface area contributed by atoms with Gasteiger partial charge in [0.25, 0.3) is 15.9 Å². The van der Waals surface area contributed by atoms with Crippen molar-refractivity contribution in [2.24, 2.45) is 0 Å². The van der Waals surface area contributed by atoms with Gasteiger partial charge in [0.1, 0.15) is 18.9 Å². The Kier molecular flexibility index (Phi) is 5.35. The normalized spacial score (nSPS) is 13.0. The Bertz CT molecular complexity index is 1400. The molecule has 1 aliphatic heterocycles. The second kappa shape index (κ2) is 8.47. The molecular weight excluding hydrogens is 444 g/mol. The third kappa shape index (κ3) is 4.46. The highest BCUT2D eigenvalue weighted by molar-refractivity contribution is 7.92. The van der Waals surface area contributed by atoms with Gasteiger partial charge in [0.2, 0.25) is 0 Å². The summed E-state index contributed by atoms with van der Waals surface area (Å²) in [6, 6.07) is 14.7. The number of anilines is 1. The minimum absolute atomic E-state index is 0.107. The highest BCUT2D eigenvalue weighted by atomic mass is 32.2. The number of nitrogens with one attached hydrogen (secondary N) is 3. The average molecular weight is 465 g/mol. The van der Waals surface area contributed by atoms with E-state index in [1.54, 1.807) is 54.9 Å². The number of benzene rings is 2. The van der Waals surface area contributed by atoms with Gasteiger partial charge in [-0.1, -0.05) is 12.1 Å². The van der Waals surface area contributed by atoms with Crippen LogP contribution in [-0.2, 0) is 16.6 Å². The van der Waals surface area contributed by atoms with Gasteiger partial charge in [-0.2, -0.15) is 0 Å². The van der Waals surface area contributed by atoms with Crippen molar-refractivity contribution in [3.05, 3.63) is 78.2 Å². The Labute approximate surface area is 189 Å². The summed E-state index contributed by atoms with van der Waals surface area (Å²) in [6.45, 7) is 1.13. The predicted octanol–water partition coefficient (Wildman–Crippen LogP) is 3.06. The molecule has 168 valence electrons. The fourth-order valence-electron chi connectivity index (χ4n) is 3.48. The molecule has 1 aliphatic rings. The second-order valence-corrected chi connectivity index (χ2v) is 9.12. The molecule has 0 atom stereocenters. The third-order valence-corrected chi connectivity index (χ3v) is 6.54. The number of aromatic nitrogens is 2. The summed E-state index contributed by atoms with van der Waals surface area (Å²) in [5.74, 6) is 0.821. The topological polar surface area (TPSA) is 122 Å². The van der Waals surface area contributed by atoms with E-state index < -0.39 is 10.0 Å². The van der Waals surface area contributed by atoms with Crippen LogP contribution < -0.4 is 19.5 Å². The Morgan fingerprint density at radius 2 is 1.79 bits per heavy atom. The van der Waals surface area contributed by atoms with E-state index in [4.69, 9.17) is 9.47 Å². The maximum atomic E-state index is 12.8. The lowest BCUT2D eigenvalue weighted by molar-refractivity contribution is 0.0946. The van der Waals surface area contributed by atoms with Crippen molar-refractivity contribution in [1.29, 1.82) is 0 Å². The van der Waals surface area contributed by atoms with Crippen LogP contribution in [0.25, 0.3) is 10.9 Å². The summed E-state index contributed by atoms with van der Waals surface area (Å²) < 4.78 is 39.0. The largest absolute Gasteiger partial charge is 0.486 e. The smallest absolute Gasteiger partial charge is 0.267 e. The number of H-pyrrole nitrogens is 1. The minimum Gasteiger partial charge on any atom is -0.486 e. The molecule has 3 N–H and O–H groups in total. The first kappa shape index (κ1) is 20.8. The van der Waals surface area contributed by atoms with Crippen molar-refractivity contribution in [3.63, 3.8) is 0 Å². The van der Waals surface area contributed by atoms with Crippen molar-refractivity contribution in [2.45, 2.75) is 11.4 Å². The van der Waals surface area contributed by atoms with Crippen molar-refractivity contribution in [1.82, 2.24) is 15.3 Å². The second-order valence-electron chi connectivity index (χ2n) is 7.44. The number of rotatable bonds is 6. The van der Waals surface area contributed by atoms with E-state index in [1.165, 1.54) is 12.1 Å². The Hall–Kier alpha value is -4.05. The number of hydrogen-bond donors (Lipinski definition) is 3. The number of aromatic amines is 1. The number of pyridine rings is 1. The quantitative estimate of drug-likeness (QED) is 0.403. The Balaban J connectivity index is 1.23. The molecule has 5 rings (SSSR count). The number of carbonyl (C=O) groups excluding carboxylic acids is 1. The van der Waals surface area contributed by atoms with Crippen LogP contribution in [0.4, 0.5) is 5.69 Å². The molecule has 9 nitrogen and oxygen atoms in total. The molecule has 0 aliphatic carbocycles. The summed E-state index contributed by atoms with van der Waals surface area (Å²) in [7, 11) is -3.79. The summed E-state index contributed by atoms with van der Waals surface area (Å²) in [5.41, 5.74) is 2.40. The highest BCUT2D eigenvalue weighted by Gasteiger charge is 2.17. The van der Waals surface area contributed by atoms with Gasteiger partial charge in [-0.3, -0.25) is 14.5 Å². The monoisotopic (exact) mass is 464 g/mol. The van der Waals surface area contributed by atoms with Gasteiger partial charge in [-0.25, -0.2) is 8.42 Å². The van der Waals surface area contributed by atoms with Crippen LogP contribution in [0, 0.1) is 0 Å². The maximum absolute atomic E-state index is 12.8. The van der Waals surface area contributed by atoms with E-state index in [1.807, 2.05) is 0 Å². The molecule has 3 heterocycles. The lowest BCUT2D eigenvalue weighted by Crippen LogP contribution is -2.23. The molecule has 0 saturated heterocycles. The Morgan fingerprint density at radius 3 is 2.58 bits per heavy atom. The van der Waals surface area contributed by atoms with Gasteiger partial charge < -0.3 is 19.8 Å². The first-order valence-corrected chi connectivity index (χ1v) is 11.7. The minimum atomic E-state index is -3.79.